The predicted molar refractivity (Wildman–Crippen MR) is 94.3 cm³/mol. The van der Waals surface area contributed by atoms with Gasteiger partial charge in [-0.2, -0.15) is 0 Å². The van der Waals surface area contributed by atoms with Gasteiger partial charge in [0.1, 0.15) is 5.75 Å². The summed E-state index contributed by atoms with van der Waals surface area (Å²) in [5, 5.41) is 9.76. The van der Waals surface area contributed by atoms with Crippen LogP contribution in [0.15, 0.2) is 36.4 Å². The van der Waals surface area contributed by atoms with Crippen molar-refractivity contribution in [2.24, 2.45) is 5.92 Å². The summed E-state index contributed by atoms with van der Waals surface area (Å²) >= 11 is 0. The number of aryl methyl sites for hydroxylation is 1. The summed E-state index contributed by atoms with van der Waals surface area (Å²) in [5.41, 5.74) is 0.0566. The summed E-state index contributed by atoms with van der Waals surface area (Å²) in [5.74, 6) is 0.516. The fraction of sp³-hybridized carbons (Fsp3) is 0.550. The van der Waals surface area contributed by atoms with E-state index in [4.69, 9.17) is 4.74 Å². The number of carbonyl (C=O) groups is 1. The van der Waals surface area contributed by atoms with Gasteiger partial charge in [-0.05, 0) is 44.2 Å². The Morgan fingerprint density at radius 2 is 1.96 bits per heavy atom. The molecule has 1 aliphatic heterocycles. The van der Waals surface area contributed by atoms with Crippen LogP contribution in [0, 0.1) is 12.8 Å². The zero-order valence-electron chi connectivity index (χ0n) is 14.4. The SMILES string of the molecule is Cc1ccc(OC2(C(=O)O)CCN(CC3CC=CCC3)CC2)cc1. The van der Waals surface area contributed by atoms with Gasteiger partial charge in [-0.25, -0.2) is 4.79 Å². The zero-order valence-corrected chi connectivity index (χ0v) is 14.4. The Labute approximate surface area is 144 Å². The Kier molecular flexibility index (Phi) is 5.24. The Morgan fingerprint density at radius 1 is 1.25 bits per heavy atom. The Hall–Kier alpha value is -1.81. The number of hydrogen-bond donors (Lipinski definition) is 1. The molecule has 24 heavy (non-hydrogen) atoms. The second-order valence-corrected chi connectivity index (χ2v) is 7.17. The van der Waals surface area contributed by atoms with E-state index in [0.29, 0.717) is 24.5 Å². The molecule has 1 fully saturated rings. The molecule has 0 amide bonds. The molecule has 1 heterocycles. The maximum Gasteiger partial charge on any atom is 0.348 e. The molecule has 2 aliphatic rings. The summed E-state index contributed by atoms with van der Waals surface area (Å²) in [6.45, 7) is 4.66. The highest BCUT2D eigenvalue weighted by atomic mass is 16.5. The summed E-state index contributed by atoms with van der Waals surface area (Å²) in [6.07, 6.45) is 9.20. The van der Waals surface area contributed by atoms with Gasteiger partial charge in [-0.15, -0.1) is 0 Å². The van der Waals surface area contributed by atoms with Crippen molar-refractivity contribution in [2.45, 2.75) is 44.6 Å². The van der Waals surface area contributed by atoms with Crippen molar-refractivity contribution in [3.63, 3.8) is 0 Å². The molecule has 1 saturated heterocycles. The molecule has 1 unspecified atom stereocenters. The smallest absolute Gasteiger partial charge is 0.348 e. The van der Waals surface area contributed by atoms with Crippen LogP contribution in [0.5, 0.6) is 5.75 Å². The lowest BCUT2D eigenvalue weighted by Crippen LogP contribution is -2.53. The third-order valence-corrected chi connectivity index (χ3v) is 5.28. The highest BCUT2D eigenvalue weighted by Gasteiger charge is 2.44. The molecular formula is C20H27NO3. The Balaban J connectivity index is 1.60. The van der Waals surface area contributed by atoms with Crippen LogP contribution in [0.3, 0.4) is 0 Å². The molecular weight excluding hydrogens is 302 g/mol. The molecule has 1 aromatic rings. The van der Waals surface area contributed by atoms with Crippen molar-refractivity contribution in [1.82, 2.24) is 4.90 Å². The van der Waals surface area contributed by atoms with Gasteiger partial charge in [-0.3, -0.25) is 0 Å². The quantitative estimate of drug-likeness (QED) is 0.838. The van der Waals surface area contributed by atoms with Gasteiger partial charge in [0.05, 0.1) is 0 Å². The standard InChI is InChI=1S/C20H27NO3/c1-16-7-9-18(10-8-16)24-20(19(22)23)11-13-21(14-12-20)15-17-5-3-2-4-6-17/h2-3,7-10,17H,4-6,11-15H2,1H3,(H,22,23). The minimum atomic E-state index is -1.09. The van der Waals surface area contributed by atoms with E-state index in [1.54, 1.807) is 0 Å². The average molecular weight is 329 g/mol. The second kappa shape index (κ2) is 7.39. The van der Waals surface area contributed by atoms with Gasteiger partial charge >= 0.3 is 5.97 Å². The molecule has 0 radical (unpaired) electrons. The number of aliphatic carboxylic acids is 1. The number of ether oxygens (including phenoxy) is 1. The van der Waals surface area contributed by atoms with Gasteiger partial charge < -0.3 is 14.7 Å². The number of hydrogen-bond acceptors (Lipinski definition) is 3. The normalized spacial score (nSPS) is 23.8. The minimum absolute atomic E-state index is 0.540. The maximum atomic E-state index is 11.9. The van der Waals surface area contributed by atoms with Crippen LogP contribution in [0.25, 0.3) is 0 Å². The summed E-state index contributed by atoms with van der Waals surface area (Å²) < 4.78 is 5.96. The minimum Gasteiger partial charge on any atom is -0.478 e. The number of allylic oxidation sites excluding steroid dienone is 2. The maximum absolute atomic E-state index is 11.9. The molecule has 0 spiro atoms. The highest BCUT2D eigenvalue weighted by molar-refractivity contribution is 5.78. The van der Waals surface area contributed by atoms with Crippen LogP contribution in [0.1, 0.15) is 37.7 Å². The lowest BCUT2D eigenvalue weighted by molar-refractivity contribution is -0.159. The van der Waals surface area contributed by atoms with E-state index in [0.717, 1.165) is 31.6 Å². The van der Waals surface area contributed by atoms with E-state index in [-0.39, 0.29) is 0 Å². The topological polar surface area (TPSA) is 49.8 Å². The molecule has 0 bridgehead atoms. The number of benzene rings is 1. The van der Waals surface area contributed by atoms with Crippen molar-refractivity contribution in [3.8, 4) is 5.75 Å². The van der Waals surface area contributed by atoms with Gasteiger partial charge in [0.15, 0.2) is 0 Å². The van der Waals surface area contributed by atoms with Gasteiger partial charge in [0.2, 0.25) is 5.60 Å². The molecule has 3 rings (SSSR count). The highest BCUT2D eigenvalue weighted by Crippen LogP contribution is 2.30. The lowest BCUT2D eigenvalue weighted by Gasteiger charge is -2.40. The number of carboxylic acids is 1. The number of likely N-dealkylation sites (tertiary alicyclic amines) is 1. The third-order valence-electron chi connectivity index (χ3n) is 5.28. The fourth-order valence-electron chi connectivity index (χ4n) is 3.68. The first-order chi connectivity index (χ1) is 11.6. The zero-order chi connectivity index (χ0) is 17.0. The molecule has 4 heteroatoms. The monoisotopic (exact) mass is 329 g/mol. The van der Waals surface area contributed by atoms with E-state index in [1.165, 1.54) is 12.8 Å². The van der Waals surface area contributed by atoms with Crippen LogP contribution in [-0.2, 0) is 4.79 Å². The second-order valence-electron chi connectivity index (χ2n) is 7.17. The van der Waals surface area contributed by atoms with Crippen molar-refractivity contribution >= 4 is 5.97 Å². The van der Waals surface area contributed by atoms with Gasteiger partial charge in [0.25, 0.3) is 0 Å². The molecule has 130 valence electrons. The molecule has 1 aromatic carbocycles. The first-order valence-corrected chi connectivity index (χ1v) is 8.94. The predicted octanol–water partition coefficient (Wildman–Crippen LogP) is 3.65. The largest absolute Gasteiger partial charge is 0.478 e. The van der Waals surface area contributed by atoms with Crippen molar-refractivity contribution in [3.05, 3.63) is 42.0 Å². The third kappa shape index (κ3) is 3.99. The van der Waals surface area contributed by atoms with Gasteiger partial charge in [0, 0.05) is 32.5 Å². The average Bonchev–Trinajstić information content (AvgIpc) is 2.59. The van der Waals surface area contributed by atoms with E-state index in [1.807, 2.05) is 31.2 Å². The van der Waals surface area contributed by atoms with Crippen LogP contribution < -0.4 is 4.74 Å². The number of carboxylic acid groups (broad SMARTS) is 1. The van der Waals surface area contributed by atoms with Crippen molar-refractivity contribution < 1.29 is 14.6 Å². The van der Waals surface area contributed by atoms with E-state index >= 15 is 0 Å². The number of nitrogens with zero attached hydrogens (tertiary/aromatic N) is 1. The lowest BCUT2D eigenvalue weighted by atomic mass is 9.88. The Morgan fingerprint density at radius 3 is 2.54 bits per heavy atom. The summed E-state index contributed by atoms with van der Waals surface area (Å²) in [4.78, 5) is 14.3. The molecule has 1 aliphatic carbocycles. The summed E-state index contributed by atoms with van der Waals surface area (Å²) in [7, 11) is 0. The number of piperidine rings is 1. The van der Waals surface area contributed by atoms with E-state index in [9.17, 15) is 9.90 Å². The summed E-state index contributed by atoms with van der Waals surface area (Å²) in [6, 6.07) is 7.63. The first-order valence-electron chi connectivity index (χ1n) is 8.94. The van der Waals surface area contributed by atoms with Gasteiger partial charge in [-0.1, -0.05) is 29.8 Å². The van der Waals surface area contributed by atoms with E-state index < -0.39 is 11.6 Å². The van der Waals surface area contributed by atoms with Crippen LogP contribution in [0.4, 0.5) is 0 Å². The molecule has 0 aromatic heterocycles. The molecule has 1 atom stereocenters. The van der Waals surface area contributed by atoms with E-state index in [2.05, 4.69) is 17.1 Å². The van der Waals surface area contributed by atoms with Crippen LogP contribution in [0.2, 0.25) is 0 Å². The molecule has 0 saturated carbocycles. The molecule has 1 N–H and O–H groups in total. The van der Waals surface area contributed by atoms with Crippen molar-refractivity contribution in [1.29, 1.82) is 0 Å². The van der Waals surface area contributed by atoms with Crippen LogP contribution in [-0.4, -0.2) is 41.2 Å². The van der Waals surface area contributed by atoms with Crippen LogP contribution >= 0.6 is 0 Å². The van der Waals surface area contributed by atoms with Crippen molar-refractivity contribution in [2.75, 3.05) is 19.6 Å². The molecule has 4 nitrogen and oxygen atoms in total. The fourth-order valence-corrected chi connectivity index (χ4v) is 3.68. The first kappa shape index (κ1) is 17.0. The number of rotatable bonds is 5. The Bertz CT molecular complexity index is 585.